The van der Waals surface area contributed by atoms with Crippen LogP contribution in [0, 0.1) is 0 Å². The van der Waals surface area contributed by atoms with Crippen molar-refractivity contribution in [3.63, 3.8) is 0 Å². The normalized spacial score (nSPS) is 9.11. The van der Waals surface area contributed by atoms with Gasteiger partial charge in [-0.3, -0.25) is 9.59 Å². The Labute approximate surface area is 57.9 Å². The third-order valence-electron chi connectivity index (χ3n) is 0.708. The smallest absolute Gasteiger partial charge is 0.225 e. The van der Waals surface area contributed by atoms with Gasteiger partial charge in [0.2, 0.25) is 11.6 Å². The zero-order chi connectivity index (χ0) is 7.28. The molecular weight excluding hydrogens is 144 g/mol. The van der Waals surface area contributed by atoms with Crippen molar-refractivity contribution in [2.24, 2.45) is 0 Å². The van der Waals surface area contributed by atoms with Gasteiger partial charge in [0, 0.05) is 7.11 Å². The van der Waals surface area contributed by atoms with E-state index in [0.29, 0.717) is 0 Å². The number of hydrogen-bond donors (Lipinski definition) is 0. The second kappa shape index (κ2) is 4.47. The number of ether oxygens (including phenoxy) is 1. The second-order valence-corrected chi connectivity index (χ2v) is 1.68. The van der Waals surface area contributed by atoms with E-state index in [1.54, 1.807) is 0 Å². The molecule has 0 fully saturated rings. The molecule has 0 N–H and O–H groups in total. The number of ketones is 2. The SMILES string of the molecule is COCC(=O)C(=O)CCl. The monoisotopic (exact) mass is 150 g/mol. The van der Waals surface area contributed by atoms with Crippen molar-refractivity contribution in [3.8, 4) is 0 Å². The Morgan fingerprint density at radius 1 is 1.44 bits per heavy atom. The van der Waals surface area contributed by atoms with Gasteiger partial charge in [0.25, 0.3) is 0 Å². The molecule has 0 spiro atoms. The van der Waals surface area contributed by atoms with Crippen LogP contribution in [0.15, 0.2) is 0 Å². The minimum atomic E-state index is -0.599. The van der Waals surface area contributed by atoms with E-state index in [-0.39, 0.29) is 12.5 Å². The lowest BCUT2D eigenvalue weighted by Crippen LogP contribution is -2.19. The summed E-state index contributed by atoms with van der Waals surface area (Å²) in [4.78, 5) is 20.8. The molecule has 0 aromatic carbocycles. The predicted molar refractivity (Wildman–Crippen MR) is 32.6 cm³/mol. The summed E-state index contributed by atoms with van der Waals surface area (Å²) >= 11 is 5.06. The van der Waals surface area contributed by atoms with Crippen LogP contribution in [-0.2, 0) is 14.3 Å². The van der Waals surface area contributed by atoms with Crippen molar-refractivity contribution in [2.45, 2.75) is 0 Å². The molecule has 0 unspecified atom stereocenters. The lowest BCUT2D eigenvalue weighted by atomic mass is 10.3. The molecule has 9 heavy (non-hydrogen) atoms. The molecule has 0 bridgehead atoms. The van der Waals surface area contributed by atoms with Crippen LogP contribution in [0.25, 0.3) is 0 Å². The second-order valence-electron chi connectivity index (χ2n) is 1.41. The van der Waals surface area contributed by atoms with Crippen molar-refractivity contribution >= 4 is 23.2 Å². The fraction of sp³-hybridized carbons (Fsp3) is 0.600. The summed E-state index contributed by atoms with van der Waals surface area (Å²) in [5.74, 6) is -1.44. The molecule has 0 saturated carbocycles. The summed E-state index contributed by atoms with van der Waals surface area (Å²) in [6.45, 7) is -0.175. The van der Waals surface area contributed by atoms with Gasteiger partial charge in [0.05, 0.1) is 5.88 Å². The molecular formula is C5H7ClO3. The summed E-state index contributed by atoms with van der Waals surface area (Å²) in [5.41, 5.74) is 0. The third-order valence-corrected chi connectivity index (χ3v) is 0.951. The largest absolute Gasteiger partial charge is 0.376 e. The number of rotatable bonds is 4. The zero-order valence-electron chi connectivity index (χ0n) is 5.02. The fourth-order valence-corrected chi connectivity index (χ4v) is 0.435. The van der Waals surface area contributed by atoms with Crippen LogP contribution in [0.5, 0.6) is 0 Å². The lowest BCUT2D eigenvalue weighted by molar-refractivity contribution is -0.137. The molecule has 0 aliphatic heterocycles. The van der Waals surface area contributed by atoms with Crippen LogP contribution < -0.4 is 0 Å². The average molecular weight is 151 g/mol. The molecule has 52 valence electrons. The van der Waals surface area contributed by atoms with E-state index >= 15 is 0 Å². The maximum atomic E-state index is 10.4. The highest BCUT2D eigenvalue weighted by molar-refractivity contribution is 6.47. The van der Waals surface area contributed by atoms with Gasteiger partial charge in [-0.25, -0.2) is 0 Å². The van der Waals surface area contributed by atoms with Crippen LogP contribution in [0.1, 0.15) is 0 Å². The van der Waals surface area contributed by atoms with Gasteiger partial charge >= 0.3 is 0 Å². The zero-order valence-corrected chi connectivity index (χ0v) is 5.77. The molecule has 0 aliphatic carbocycles. The number of halogens is 1. The summed E-state index contributed by atoms with van der Waals surface area (Å²) in [5, 5.41) is 0. The Balaban J connectivity index is 3.60. The average Bonchev–Trinajstić information content (AvgIpc) is 1.87. The molecule has 0 aromatic rings. The van der Waals surface area contributed by atoms with E-state index in [0.717, 1.165) is 0 Å². The highest BCUT2D eigenvalue weighted by Crippen LogP contribution is 1.82. The van der Waals surface area contributed by atoms with E-state index in [1.807, 2.05) is 0 Å². The van der Waals surface area contributed by atoms with E-state index in [9.17, 15) is 9.59 Å². The highest BCUT2D eigenvalue weighted by Gasteiger charge is 2.10. The fourth-order valence-electron chi connectivity index (χ4n) is 0.286. The molecule has 0 radical (unpaired) electrons. The van der Waals surface area contributed by atoms with Gasteiger partial charge in [-0.15, -0.1) is 11.6 Å². The molecule has 0 aliphatic rings. The molecule has 0 rings (SSSR count). The lowest BCUT2D eigenvalue weighted by Gasteiger charge is -1.91. The van der Waals surface area contributed by atoms with Crippen LogP contribution in [0.3, 0.4) is 0 Å². The quantitative estimate of drug-likeness (QED) is 0.419. The Morgan fingerprint density at radius 3 is 2.33 bits per heavy atom. The van der Waals surface area contributed by atoms with Gasteiger partial charge in [-0.1, -0.05) is 0 Å². The number of hydrogen-bond acceptors (Lipinski definition) is 3. The number of methoxy groups -OCH3 is 1. The van der Waals surface area contributed by atoms with E-state index in [4.69, 9.17) is 11.6 Å². The molecule has 0 atom stereocenters. The standard InChI is InChI=1S/C5H7ClO3/c1-9-3-5(8)4(7)2-6/h2-3H2,1H3. The van der Waals surface area contributed by atoms with Gasteiger partial charge < -0.3 is 4.74 Å². The Kier molecular flexibility index (Phi) is 4.26. The molecule has 0 heterocycles. The molecule has 3 nitrogen and oxygen atoms in total. The predicted octanol–water partition coefficient (Wildman–Crippen LogP) is 0.00980. The first kappa shape index (κ1) is 8.59. The van der Waals surface area contributed by atoms with Crippen molar-refractivity contribution in [1.29, 1.82) is 0 Å². The topological polar surface area (TPSA) is 43.4 Å². The minimum absolute atomic E-state index is 0.175. The van der Waals surface area contributed by atoms with E-state index < -0.39 is 11.6 Å². The van der Waals surface area contributed by atoms with Crippen molar-refractivity contribution in [2.75, 3.05) is 19.6 Å². The summed E-state index contributed by atoms with van der Waals surface area (Å²) in [6, 6.07) is 0. The Hall–Kier alpha value is -0.410. The first-order valence-electron chi connectivity index (χ1n) is 2.33. The van der Waals surface area contributed by atoms with Gasteiger partial charge in [0.1, 0.15) is 6.61 Å². The number of Topliss-reactive ketones (excluding diaryl/α,β-unsaturated/α-hetero) is 2. The van der Waals surface area contributed by atoms with Crippen LogP contribution in [0.4, 0.5) is 0 Å². The van der Waals surface area contributed by atoms with Gasteiger partial charge in [-0.2, -0.15) is 0 Å². The van der Waals surface area contributed by atoms with Crippen molar-refractivity contribution in [3.05, 3.63) is 0 Å². The maximum absolute atomic E-state index is 10.4. The minimum Gasteiger partial charge on any atom is -0.376 e. The van der Waals surface area contributed by atoms with E-state index in [2.05, 4.69) is 4.74 Å². The summed E-state index contributed by atoms with van der Waals surface area (Å²) < 4.78 is 4.40. The number of alkyl halides is 1. The maximum Gasteiger partial charge on any atom is 0.225 e. The van der Waals surface area contributed by atoms with Crippen LogP contribution in [0.2, 0.25) is 0 Å². The Bertz CT molecular complexity index is 121. The third kappa shape index (κ3) is 3.21. The van der Waals surface area contributed by atoms with Gasteiger partial charge in [0.15, 0.2) is 0 Å². The number of carbonyl (C=O) groups excluding carboxylic acids is 2. The van der Waals surface area contributed by atoms with Crippen LogP contribution >= 0.6 is 11.6 Å². The molecule has 0 amide bonds. The Morgan fingerprint density at radius 2 is 2.00 bits per heavy atom. The summed E-state index contributed by atoms with van der Waals surface area (Å²) in [6.07, 6.45) is 0. The van der Waals surface area contributed by atoms with Crippen molar-refractivity contribution in [1.82, 2.24) is 0 Å². The van der Waals surface area contributed by atoms with E-state index in [1.165, 1.54) is 7.11 Å². The molecule has 0 saturated heterocycles. The molecule has 0 aromatic heterocycles. The summed E-state index contributed by atoms with van der Waals surface area (Å²) in [7, 11) is 1.35. The van der Waals surface area contributed by atoms with Crippen LogP contribution in [-0.4, -0.2) is 31.2 Å². The van der Waals surface area contributed by atoms with Gasteiger partial charge in [-0.05, 0) is 0 Å². The number of carbonyl (C=O) groups is 2. The first-order chi connectivity index (χ1) is 4.22. The first-order valence-corrected chi connectivity index (χ1v) is 2.86. The molecule has 4 heteroatoms. The highest BCUT2D eigenvalue weighted by atomic mass is 35.5. The van der Waals surface area contributed by atoms with Crippen molar-refractivity contribution < 1.29 is 14.3 Å².